The summed E-state index contributed by atoms with van der Waals surface area (Å²) < 4.78 is 1.74. The summed E-state index contributed by atoms with van der Waals surface area (Å²) in [6, 6.07) is 7.26. The van der Waals surface area contributed by atoms with Gasteiger partial charge in [0.15, 0.2) is 11.0 Å². The molecule has 1 aromatic carbocycles. The van der Waals surface area contributed by atoms with E-state index in [1.54, 1.807) is 30.7 Å². The average molecular weight is 320 g/mol. The van der Waals surface area contributed by atoms with Crippen molar-refractivity contribution in [2.45, 2.75) is 18.5 Å². The lowest BCUT2D eigenvalue weighted by Crippen LogP contribution is -2.09. The highest BCUT2D eigenvalue weighted by molar-refractivity contribution is 7.99. The number of anilines is 1. The Morgan fingerprint density at radius 3 is 2.55 bits per heavy atom. The summed E-state index contributed by atoms with van der Waals surface area (Å²) in [5.41, 5.74) is 1.56. The van der Waals surface area contributed by atoms with Crippen molar-refractivity contribution in [3.8, 4) is 11.4 Å². The van der Waals surface area contributed by atoms with Crippen molar-refractivity contribution in [1.82, 2.24) is 14.8 Å². The molecule has 0 bridgehead atoms. The van der Waals surface area contributed by atoms with E-state index >= 15 is 0 Å². The first-order chi connectivity index (χ1) is 10.5. The number of thioether (sulfide) groups is 1. The van der Waals surface area contributed by atoms with Gasteiger partial charge in [0.2, 0.25) is 5.91 Å². The Morgan fingerprint density at radius 2 is 1.95 bits per heavy atom. The van der Waals surface area contributed by atoms with Gasteiger partial charge in [-0.25, -0.2) is 0 Å². The minimum atomic E-state index is -0.898. The number of carbonyl (C=O) groups is 2. The fraction of sp³-hybridized carbons (Fsp3) is 0.286. The molecular formula is C14H16N4O3S. The second kappa shape index (κ2) is 7.08. The lowest BCUT2D eigenvalue weighted by atomic mass is 10.2. The van der Waals surface area contributed by atoms with Gasteiger partial charge < -0.3 is 15.0 Å². The van der Waals surface area contributed by atoms with Gasteiger partial charge in [0, 0.05) is 24.7 Å². The first kappa shape index (κ1) is 16.0. The third-order valence-corrected chi connectivity index (χ3v) is 3.91. The van der Waals surface area contributed by atoms with Gasteiger partial charge in [-0.3, -0.25) is 9.59 Å². The van der Waals surface area contributed by atoms with Crippen molar-refractivity contribution in [3.05, 3.63) is 24.3 Å². The summed E-state index contributed by atoms with van der Waals surface area (Å²) in [4.78, 5) is 21.9. The number of carboxylic acids is 1. The zero-order chi connectivity index (χ0) is 16.1. The molecule has 2 N–H and O–H groups in total. The molecule has 8 heteroatoms. The van der Waals surface area contributed by atoms with Crippen LogP contribution in [0.1, 0.15) is 13.3 Å². The smallest absolute Gasteiger partial charge is 0.313 e. The minimum absolute atomic E-state index is 0.0428. The van der Waals surface area contributed by atoms with E-state index in [-0.39, 0.29) is 11.7 Å². The normalized spacial score (nSPS) is 10.5. The van der Waals surface area contributed by atoms with Gasteiger partial charge in [0.1, 0.15) is 0 Å². The van der Waals surface area contributed by atoms with Crippen LogP contribution >= 0.6 is 11.8 Å². The first-order valence-corrected chi connectivity index (χ1v) is 7.64. The number of nitrogens with one attached hydrogen (secondary N) is 1. The SMILES string of the molecule is CCC(=O)Nc1ccc(-c2nnc(SCC(=O)O)n2C)cc1. The Hall–Kier alpha value is -2.35. The van der Waals surface area contributed by atoms with Crippen LogP contribution in [0.5, 0.6) is 0 Å². The van der Waals surface area contributed by atoms with Crippen molar-refractivity contribution < 1.29 is 14.7 Å². The number of carboxylic acid groups (broad SMARTS) is 1. The zero-order valence-corrected chi connectivity index (χ0v) is 13.1. The van der Waals surface area contributed by atoms with Gasteiger partial charge >= 0.3 is 5.97 Å². The molecule has 0 saturated carbocycles. The average Bonchev–Trinajstić information content (AvgIpc) is 2.87. The van der Waals surface area contributed by atoms with E-state index in [1.807, 2.05) is 12.1 Å². The predicted octanol–water partition coefficient (Wildman–Crippen LogP) is 2.01. The fourth-order valence-corrected chi connectivity index (χ4v) is 2.40. The minimum Gasteiger partial charge on any atom is -0.481 e. The maximum absolute atomic E-state index is 11.3. The molecule has 0 unspecified atom stereocenters. The Bertz CT molecular complexity index is 682. The largest absolute Gasteiger partial charge is 0.481 e. The highest BCUT2D eigenvalue weighted by Crippen LogP contribution is 2.23. The van der Waals surface area contributed by atoms with E-state index < -0.39 is 5.97 Å². The second-order valence-corrected chi connectivity index (χ2v) is 5.47. The van der Waals surface area contributed by atoms with Crippen LogP contribution in [0, 0.1) is 0 Å². The number of aliphatic carboxylic acids is 1. The van der Waals surface area contributed by atoms with Crippen molar-refractivity contribution in [3.63, 3.8) is 0 Å². The maximum atomic E-state index is 11.3. The summed E-state index contributed by atoms with van der Waals surface area (Å²) in [5.74, 6) is -0.362. The Balaban J connectivity index is 2.15. The van der Waals surface area contributed by atoms with Gasteiger partial charge in [0.05, 0.1) is 5.75 Å². The van der Waals surface area contributed by atoms with Crippen LogP contribution in [0.15, 0.2) is 29.4 Å². The summed E-state index contributed by atoms with van der Waals surface area (Å²) in [6.07, 6.45) is 0.426. The van der Waals surface area contributed by atoms with Crippen LogP contribution in [0.25, 0.3) is 11.4 Å². The third-order valence-electron chi connectivity index (χ3n) is 2.91. The highest BCUT2D eigenvalue weighted by atomic mass is 32.2. The van der Waals surface area contributed by atoms with Crippen molar-refractivity contribution >= 4 is 29.3 Å². The molecule has 2 aromatic rings. The van der Waals surface area contributed by atoms with E-state index in [9.17, 15) is 9.59 Å². The van der Waals surface area contributed by atoms with E-state index in [4.69, 9.17) is 5.11 Å². The van der Waals surface area contributed by atoms with Gasteiger partial charge in [-0.15, -0.1) is 10.2 Å². The molecule has 0 atom stereocenters. The zero-order valence-electron chi connectivity index (χ0n) is 12.2. The van der Waals surface area contributed by atoms with Crippen LogP contribution in [0.3, 0.4) is 0 Å². The molecule has 1 heterocycles. The number of hydrogen-bond acceptors (Lipinski definition) is 5. The Labute approximate surface area is 131 Å². The standard InChI is InChI=1S/C14H16N4O3S/c1-3-11(19)15-10-6-4-9(5-7-10)13-16-17-14(18(13)2)22-8-12(20)21/h4-7H,3,8H2,1-2H3,(H,15,19)(H,20,21). The van der Waals surface area contributed by atoms with Crippen LogP contribution < -0.4 is 5.32 Å². The molecular weight excluding hydrogens is 304 g/mol. The fourth-order valence-electron chi connectivity index (χ4n) is 1.77. The van der Waals surface area contributed by atoms with E-state index in [2.05, 4.69) is 15.5 Å². The lowest BCUT2D eigenvalue weighted by molar-refractivity contribution is -0.133. The van der Waals surface area contributed by atoms with Crippen molar-refractivity contribution in [1.29, 1.82) is 0 Å². The molecule has 0 aliphatic rings. The molecule has 0 saturated heterocycles. The van der Waals surface area contributed by atoms with Gasteiger partial charge in [-0.05, 0) is 24.3 Å². The topological polar surface area (TPSA) is 97.1 Å². The number of amides is 1. The number of carbonyl (C=O) groups excluding carboxylic acids is 1. The van der Waals surface area contributed by atoms with Gasteiger partial charge in [0.25, 0.3) is 0 Å². The molecule has 22 heavy (non-hydrogen) atoms. The summed E-state index contributed by atoms with van der Waals surface area (Å²) in [6.45, 7) is 1.79. The Morgan fingerprint density at radius 1 is 1.27 bits per heavy atom. The number of benzene rings is 1. The maximum Gasteiger partial charge on any atom is 0.313 e. The highest BCUT2D eigenvalue weighted by Gasteiger charge is 2.12. The van der Waals surface area contributed by atoms with Crippen molar-refractivity contribution in [2.75, 3.05) is 11.1 Å². The summed E-state index contributed by atoms with van der Waals surface area (Å²) in [5, 5.41) is 20.1. The molecule has 0 aliphatic carbocycles. The number of rotatable bonds is 6. The molecule has 2 rings (SSSR count). The van der Waals surface area contributed by atoms with E-state index in [0.29, 0.717) is 17.4 Å². The van der Waals surface area contributed by atoms with Gasteiger partial charge in [-0.2, -0.15) is 0 Å². The molecule has 1 aromatic heterocycles. The molecule has 7 nitrogen and oxygen atoms in total. The number of hydrogen-bond donors (Lipinski definition) is 2. The summed E-state index contributed by atoms with van der Waals surface area (Å²) in [7, 11) is 1.78. The number of nitrogens with zero attached hydrogens (tertiary/aromatic N) is 3. The van der Waals surface area contributed by atoms with Crippen molar-refractivity contribution in [2.24, 2.45) is 7.05 Å². The molecule has 0 fully saturated rings. The molecule has 1 amide bonds. The molecule has 0 radical (unpaired) electrons. The van der Waals surface area contributed by atoms with Crippen LogP contribution in [0.2, 0.25) is 0 Å². The molecule has 116 valence electrons. The lowest BCUT2D eigenvalue weighted by Gasteiger charge is -2.06. The third kappa shape index (κ3) is 3.85. The monoisotopic (exact) mass is 320 g/mol. The van der Waals surface area contributed by atoms with Crippen LogP contribution in [0.4, 0.5) is 5.69 Å². The van der Waals surface area contributed by atoms with Crippen LogP contribution in [-0.4, -0.2) is 37.5 Å². The molecule has 0 aliphatic heterocycles. The first-order valence-electron chi connectivity index (χ1n) is 6.65. The van der Waals surface area contributed by atoms with Crippen LogP contribution in [-0.2, 0) is 16.6 Å². The predicted molar refractivity (Wildman–Crippen MR) is 83.7 cm³/mol. The number of aromatic nitrogens is 3. The summed E-state index contributed by atoms with van der Waals surface area (Å²) >= 11 is 1.12. The van der Waals surface area contributed by atoms with E-state index in [0.717, 1.165) is 23.0 Å². The second-order valence-electron chi connectivity index (χ2n) is 4.53. The quantitative estimate of drug-likeness (QED) is 0.790. The Kier molecular flexibility index (Phi) is 5.16. The van der Waals surface area contributed by atoms with Gasteiger partial charge in [-0.1, -0.05) is 18.7 Å². The molecule has 0 spiro atoms. The van der Waals surface area contributed by atoms with E-state index in [1.165, 1.54) is 0 Å².